The normalized spacial score (nSPS) is 18.7. The Morgan fingerprint density at radius 1 is 1.29 bits per heavy atom. The van der Waals surface area contributed by atoms with Gasteiger partial charge in [-0.05, 0) is 18.3 Å². The molecule has 0 unspecified atom stereocenters. The molecule has 17 heavy (non-hydrogen) atoms. The summed E-state index contributed by atoms with van der Waals surface area (Å²) in [6.07, 6.45) is 5.66. The summed E-state index contributed by atoms with van der Waals surface area (Å²) in [6, 6.07) is 0. The van der Waals surface area contributed by atoms with Crippen LogP contribution in [0.4, 0.5) is 11.6 Å². The van der Waals surface area contributed by atoms with Crippen molar-refractivity contribution in [3.8, 4) is 0 Å². The molecule has 2 heterocycles. The van der Waals surface area contributed by atoms with Gasteiger partial charge in [-0.2, -0.15) is 0 Å². The number of rotatable bonds is 4. The molecule has 1 aromatic rings. The number of hydrogen-bond donors (Lipinski definition) is 2. The van der Waals surface area contributed by atoms with E-state index >= 15 is 0 Å². The van der Waals surface area contributed by atoms with Crippen LogP contribution in [-0.2, 0) is 4.74 Å². The van der Waals surface area contributed by atoms with Crippen LogP contribution in [0.2, 0.25) is 0 Å². The van der Waals surface area contributed by atoms with E-state index in [-0.39, 0.29) is 0 Å². The van der Waals surface area contributed by atoms with Gasteiger partial charge in [0, 0.05) is 26.8 Å². The highest BCUT2D eigenvalue weighted by molar-refractivity contribution is 5.41. The molecule has 0 aliphatic carbocycles. The molecule has 5 nitrogen and oxygen atoms in total. The summed E-state index contributed by atoms with van der Waals surface area (Å²) >= 11 is 0. The first-order chi connectivity index (χ1) is 8.22. The molecule has 0 spiro atoms. The van der Waals surface area contributed by atoms with E-state index in [9.17, 15) is 0 Å². The van der Waals surface area contributed by atoms with Crippen molar-refractivity contribution in [2.75, 3.05) is 37.4 Å². The van der Waals surface area contributed by atoms with E-state index in [0.29, 0.717) is 5.41 Å². The van der Waals surface area contributed by atoms with Gasteiger partial charge in [-0.15, -0.1) is 0 Å². The van der Waals surface area contributed by atoms with Gasteiger partial charge in [0.2, 0.25) is 0 Å². The summed E-state index contributed by atoms with van der Waals surface area (Å²) in [4.78, 5) is 8.52. The fourth-order valence-electron chi connectivity index (χ4n) is 1.92. The number of ether oxygens (including phenoxy) is 1. The molecule has 0 saturated carbocycles. The Labute approximate surface area is 102 Å². The number of hydrogen-bond acceptors (Lipinski definition) is 5. The van der Waals surface area contributed by atoms with Crippen LogP contribution in [0.1, 0.15) is 19.8 Å². The van der Waals surface area contributed by atoms with E-state index < -0.39 is 0 Å². The van der Waals surface area contributed by atoms with Crippen molar-refractivity contribution < 1.29 is 4.74 Å². The Kier molecular flexibility index (Phi) is 3.78. The molecule has 5 heteroatoms. The third kappa shape index (κ3) is 3.30. The van der Waals surface area contributed by atoms with Crippen LogP contribution in [0.25, 0.3) is 0 Å². The molecule has 2 rings (SSSR count). The van der Waals surface area contributed by atoms with Gasteiger partial charge in [0.25, 0.3) is 0 Å². The second-order valence-electron chi connectivity index (χ2n) is 4.82. The lowest BCUT2D eigenvalue weighted by molar-refractivity contribution is 0.0300. The zero-order chi connectivity index (χ0) is 12.1. The van der Waals surface area contributed by atoms with Crippen LogP contribution in [0.15, 0.2) is 12.4 Å². The molecule has 1 aromatic heterocycles. The second-order valence-corrected chi connectivity index (χ2v) is 4.82. The van der Waals surface area contributed by atoms with Gasteiger partial charge in [-0.3, -0.25) is 4.98 Å². The SMILES string of the molecule is CNc1cncc(NCC2(C)CCOCC2)n1. The van der Waals surface area contributed by atoms with Crippen LogP contribution in [0.5, 0.6) is 0 Å². The lowest BCUT2D eigenvalue weighted by Gasteiger charge is -2.33. The maximum absolute atomic E-state index is 5.39. The van der Waals surface area contributed by atoms with Gasteiger partial charge in [0.15, 0.2) is 0 Å². The summed E-state index contributed by atoms with van der Waals surface area (Å²) in [5.41, 5.74) is 0.301. The van der Waals surface area contributed by atoms with Crippen LogP contribution >= 0.6 is 0 Å². The summed E-state index contributed by atoms with van der Waals surface area (Å²) in [7, 11) is 1.84. The van der Waals surface area contributed by atoms with E-state index in [1.54, 1.807) is 12.4 Å². The minimum absolute atomic E-state index is 0.301. The van der Waals surface area contributed by atoms with Gasteiger partial charge >= 0.3 is 0 Å². The minimum Gasteiger partial charge on any atom is -0.381 e. The lowest BCUT2D eigenvalue weighted by atomic mass is 9.82. The molecule has 0 radical (unpaired) electrons. The quantitative estimate of drug-likeness (QED) is 0.834. The molecule has 1 aliphatic rings. The predicted molar refractivity (Wildman–Crippen MR) is 68.2 cm³/mol. The highest BCUT2D eigenvalue weighted by atomic mass is 16.5. The number of nitrogens with one attached hydrogen (secondary N) is 2. The molecule has 0 amide bonds. The van der Waals surface area contributed by atoms with Gasteiger partial charge < -0.3 is 15.4 Å². The third-order valence-corrected chi connectivity index (χ3v) is 3.29. The summed E-state index contributed by atoms with van der Waals surface area (Å²) in [6.45, 7) is 4.93. The molecule has 1 saturated heterocycles. The Morgan fingerprint density at radius 3 is 2.71 bits per heavy atom. The molecule has 0 atom stereocenters. The number of aromatic nitrogens is 2. The molecular weight excluding hydrogens is 216 g/mol. The highest BCUT2D eigenvalue weighted by Gasteiger charge is 2.27. The fraction of sp³-hybridized carbons (Fsp3) is 0.667. The molecule has 0 bridgehead atoms. The van der Waals surface area contributed by atoms with E-state index in [0.717, 1.165) is 44.2 Å². The van der Waals surface area contributed by atoms with Crippen molar-refractivity contribution in [2.45, 2.75) is 19.8 Å². The standard InChI is InChI=1S/C12H20N4O/c1-12(3-5-17-6-4-12)9-15-11-8-14-7-10(13-2)16-11/h7-8H,3-6,9H2,1-2H3,(H2,13,15,16). The fourth-order valence-corrected chi connectivity index (χ4v) is 1.92. The van der Waals surface area contributed by atoms with Crippen molar-refractivity contribution in [2.24, 2.45) is 5.41 Å². The topological polar surface area (TPSA) is 59.1 Å². The first-order valence-electron chi connectivity index (χ1n) is 6.03. The first-order valence-corrected chi connectivity index (χ1v) is 6.03. The Balaban J connectivity index is 1.92. The monoisotopic (exact) mass is 236 g/mol. The molecule has 1 aliphatic heterocycles. The van der Waals surface area contributed by atoms with Crippen LogP contribution < -0.4 is 10.6 Å². The van der Waals surface area contributed by atoms with Crippen molar-refractivity contribution in [1.82, 2.24) is 9.97 Å². The molecule has 94 valence electrons. The van der Waals surface area contributed by atoms with Crippen molar-refractivity contribution in [3.05, 3.63) is 12.4 Å². The molecule has 0 aromatic carbocycles. The first kappa shape index (κ1) is 12.1. The van der Waals surface area contributed by atoms with Crippen LogP contribution in [0, 0.1) is 5.41 Å². The van der Waals surface area contributed by atoms with Gasteiger partial charge in [0.05, 0.1) is 12.4 Å². The Bertz CT molecular complexity index is 363. The van der Waals surface area contributed by atoms with Crippen molar-refractivity contribution >= 4 is 11.6 Å². The summed E-state index contributed by atoms with van der Waals surface area (Å²) < 4.78 is 5.39. The highest BCUT2D eigenvalue weighted by Crippen LogP contribution is 2.29. The Morgan fingerprint density at radius 2 is 2.00 bits per heavy atom. The molecule has 1 fully saturated rings. The second kappa shape index (κ2) is 5.31. The zero-order valence-corrected chi connectivity index (χ0v) is 10.5. The van der Waals surface area contributed by atoms with Gasteiger partial charge in [-0.25, -0.2) is 4.98 Å². The van der Waals surface area contributed by atoms with Crippen molar-refractivity contribution in [1.29, 1.82) is 0 Å². The molecule has 2 N–H and O–H groups in total. The van der Waals surface area contributed by atoms with Gasteiger partial charge in [-0.1, -0.05) is 6.92 Å². The average molecular weight is 236 g/mol. The minimum atomic E-state index is 0.301. The smallest absolute Gasteiger partial charge is 0.146 e. The van der Waals surface area contributed by atoms with E-state index in [4.69, 9.17) is 4.74 Å². The Hall–Kier alpha value is -1.36. The van der Waals surface area contributed by atoms with Crippen molar-refractivity contribution in [3.63, 3.8) is 0 Å². The van der Waals surface area contributed by atoms with E-state index in [1.807, 2.05) is 7.05 Å². The lowest BCUT2D eigenvalue weighted by Crippen LogP contribution is -2.33. The molecular formula is C12H20N4O. The summed E-state index contributed by atoms with van der Waals surface area (Å²) in [5, 5.41) is 6.34. The average Bonchev–Trinajstić information content (AvgIpc) is 2.38. The number of nitrogens with zero attached hydrogens (tertiary/aromatic N) is 2. The third-order valence-electron chi connectivity index (χ3n) is 3.29. The van der Waals surface area contributed by atoms with E-state index in [2.05, 4.69) is 27.5 Å². The zero-order valence-electron chi connectivity index (χ0n) is 10.5. The van der Waals surface area contributed by atoms with Crippen LogP contribution in [-0.4, -0.2) is 36.8 Å². The maximum atomic E-state index is 5.39. The predicted octanol–water partition coefficient (Wildman–Crippen LogP) is 1.75. The maximum Gasteiger partial charge on any atom is 0.146 e. The summed E-state index contributed by atoms with van der Waals surface area (Å²) in [5.74, 6) is 1.61. The van der Waals surface area contributed by atoms with Gasteiger partial charge in [0.1, 0.15) is 11.6 Å². The largest absolute Gasteiger partial charge is 0.381 e. The van der Waals surface area contributed by atoms with E-state index in [1.165, 1.54) is 0 Å². The number of anilines is 2. The van der Waals surface area contributed by atoms with Crippen LogP contribution in [0.3, 0.4) is 0 Å².